The highest BCUT2D eigenvalue weighted by atomic mass is 32.1. The van der Waals surface area contributed by atoms with Crippen molar-refractivity contribution >= 4 is 23.2 Å². The number of thiazole rings is 1. The lowest BCUT2D eigenvalue weighted by molar-refractivity contribution is -0.138. The molecule has 2 amide bonds. The van der Waals surface area contributed by atoms with Gasteiger partial charge in [0.25, 0.3) is 0 Å². The third-order valence-electron chi connectivity index (χ3n) is 5.91. The molecule has 0 bridgehead atoms. The number of rotatable bonds is 8. The van der Waals surface area contributed by atoms with Gasteiger partial charge in [0.05, 0.1) is 19.0 Å². The zero-order valence-electron chi connectivity index (χ0n) is 18.2. The molecule has 3 aromatic rings. The Kier molecular flexibility index (Phi) is 7.29. The molecule has 1 aromatic heterocycles. The normalized spacial score (nSPS) is 16.7. The molecular formula is C25H28N4O2S. The average molecular weight is 449 g/mol. The summed E-state index contributed by atoms with van der Waals surface area (Å²) in [5.41, 5.74) is 2.41. The van der Waals surface area contributed by atoms with E-state index in [0.29, 0.717) is 19.6 Å². The van der Waals surface area contributed by atoms with Gasteiger partial charge in [-0.3, -0.25) is 14.5 Å². The quantitative estimate of drug-likeness (QED) is 0.575. The molecule has 0 aliphatic carbocycles. The van der Waals surface area contributed by atoms with Crippen molar-refractivity contribution in [2.24, 2.45) is 0 Å². The molecule has 1 fully saturated rings. The Morgan fingerprint density at radius 3 is 2.41 bits per heavy atom. The third kappa shape index (κ3) is 5.41. The molecule has 0 radical (unpaired) electrons. The second-order valence-corrected chi connectivity index (χ2v) is 9.03. The number of benzene rings is 2. The van der Waals surface area contributed by atoms with Gasteiger partial charge in [0, 0.05) is 44.2 Å². The largest absolute Gasteiger partial charge is 0.353 e. The number of nitrogens with zero attached hydrogens (tertiary/aromatic N) is 3. The van der Waals surface area contributed by atoms with Gasteiger partial charge in [0.2, 0.25) is 11.8 Å². The highest BCUT2D eigenvalue weighted by Gasteiger charge is 2.34. The van der Waals surface area contributed by atoms with E-state index in [-0.39, 0.29) is 24.2 Å². The minimum absolute atomic E-state index is 0.0526. The predicted molar refractivity (Wildman–Crippen MR) is 126 cm³/mol. The summed E-state index contributed by atoms with van der Waals surface area (Å²) in [6.07, 6.45) is 1.89. The van der Waals surface area contributed by atoms with Gasteiger partial charge in [0.15, 0.2) is 0 Å². The average Bonchev–Trinajstić information content (AvgIpc) is 3.33. The van der Waals surface area contributed by atoms with Crippen LogP contribution >= 0.6 is 11.3 Å². The Hall–Kier alpha value is -3.03. The molecule has 166 valence electrons. The van der Waals surface area contributed by atoms with Crippen LogP contribution in [0.4, 0.5) is 0 Å². The Balaban J connectivity index is 1.52. The van der Waals surface area contributed by atoms with Gasteiger partial charge in [-0.05, 0) is 11.1 Å². The van der Waals surface area contributed by atoms with Crippen LogP contribution in [0.15, 0.2) is 72.2 Å². The van der Waals surface area contributed by atoms with Crippen LogP contribution in [0.25, 0.3) is 0 Å². The number of carbonyl (C=O) groups is 2. The highest BCUT2D eigenvalue weighted by Crippen LogP contribution is 2.27. The molecule has 4 rings (SSSR count). The number of nitrogens with one attached hydrogen (secondary N) is 1. The molecule has 2 heterocycles. The summed E-state index contributed by atoms with van der Waals surface area (Å²) in [7, 11) is 1.77. The van der Waals surface area contributed by atoms with Crippen LogP contribution in [0.1, 0.15) is 28.5 Å². The Morgan fingerprint density at radius 1 is 1.16 bits per heavy atom. The van der Waals surface area contributed by atoms with E-state index < -0.39 is 6.04 Å². The van der Waals surface area contributed by atoms with Crippen LogP contribution < -0.4 is 5.32 Å². The molecule has 1 unspecified atom stereocenters. The molecule has 1 atom stereocenters. The highest BCUT2D eigenvalue weighted by molar-refractivity contribution is 7.09. The standard InChI is InChI=1S/C25H28N4O2S/c1-28(18-23-26-13-15-32-23)24(30)16-22-25(31)27-12-14-29(22)17-21(19-8-4-2-5-9-19)20-10-6-3-7-11-20/h2-11,13,15,21-22H,12,14,16-18H2,1H3,(H,27,31). The minimum atomic E-state index is -0.482. The Bertz CT molecular complexity index is 971. The molecule has 6 nitrogen and oxygen atoms in total. The smallest absolute Gasteiger partial charge is 0.237 e. The molecule has 1 aliphatic rings. The first kappa shape index (κ1) is 22.2. The molecule has 1 saturated heterocycles. The van der Waals surface area contributed by atoms with Gasteiger partial charge >= 0.3 is 0 Å². The van der Waals surface area contributed by atoms with Crippen molar-refractivity contribution in [1.29, 1.82) is 0 Å². The fourth-order valence-corrected chi connectivity index (χ4v) is 4.82. The summed E-state index contributed by atoms with van der Waals surface area (Å²) >= 11 is 1.52. The SMILES string of the molecule is CN(Cc1nccs1)C(=O)CC1C(=O)NCCN1CC(c1ccccc1)c1ccccc1. The first-order valence-corrected chi connectivity index (χ1v) is 11.7. The van der Waals surface area contributed by atoms with Crippen LogP contribution in [-0.4, -0.2) is 59.3 Å². The fraction of sp³-hybridized carbons (Fsp3) is 0.320. The predicted octanol–water partition coefficient (Wildman–Crippen LogP) is 3.12. The van der Waals surface area contributed by atoms with E-state index in [0.717, 1.165) is 11.6 Å². The van der Waals surface area contributed by atoms with Gasteiger partial charge < -0.3 is 10.2 Å². The topological polar surface area (TPSA) is 65.5 Å². The van der Waals surface area contributed by atoms with E-state index in [1.807, 2.05) is 41.8 Å². The Labute approximate surface area is 192 Å². The first-order valence-electron chi connectivity index (χ1n) is 10.9. The van der Waals surface area contributed by atoms with Crippen LogP contribution in [0.3, 0.4) is 0 Å². The number of aromatic nitrogens is 1. The second kappa shape index (κ2) is 10.5. The lowest BCUT2D eigenvalue weighted by Gasteiger charge is -2.37. The molecular weight excluding hydrogens is 420 g/mol. The summed E-state index contributed by atoms with van der Waals surface area (Å²) in [4.78, 5) is 33.8. The molecule has 0 spiro atoms. The zero-order valence-corrected chi connectivity index (χ0v) is 19.0. The van der Waals surface area contributed by atoms with Crippen molar-refractivity contribution in [1.82, 2.24) is 20.1 Å². The van der Waals surface area contributed by atoms with E-state index in [4.69, 9.17) is 0 Å². The van der Waals surface area contributed by atoms with E-state index in [2.05, 4.69) is 39.5 Å². The van der Waals surface area contributed by atoms with Gasteiger partial charge in [-0.2, -0.15) is 0 Å². The van der Waals surface area contributed by atoms with Gasteiger partial charge in [-0.15, -0.1) is 11.3 Å². The molecule has 1 N–H and O–H groups in total. The van der Waals surface area contributed by atoms with Crippen molar-refractivity contribution in [2.45, 2.75) is 24.9 Å². The van der Waals surface area contributed by atoms with Crippen molar-refractivity contribution in [3.63, 3.8) is 0 Å². The molecule has 0 saturated carbocycles. The third-order valence-corrected chi connectivity index (χ3v) is 6.68. The van der Waals surface area contributed by atoms with Crippen LogP contribution in [-0.2, 0) is 16.1 Å². The molecule has 2 aromatic carbocycles. The maximum Gasteiger partial charge on any atom is 0.237 e. The van der Waals surface area contributed by atoms with Gasteiger partial charge in [0.1, 0.15) is 5.01 Å². The fourth-order valence-electron chi connectivity index (χ4n) is 4.15. The monoisotopic (exact) mass is 448 g/mol. The molecule has 7 heteroatoms. The molecule has 32 heavy (non-hydrogen) atoms. The Morgan fingerprint density at radius 2 is 1.81 bits per heavy atom. The van der Waals surface area contributed by atoms with Crippen molar-refractivity contribution in [3.05, 3.63) is 88.4 Å². The maximum atomic E-state index is 13.0. The summed E-state index contributed by atoms with van der Waals surface area (Å²) in [6, 6.07) is 20.2. The minimum Gasteiger partial charge on any atom is -0.353 e. The van der Waals surface area contributed by atoms with E-state index in [9.17, 15) is 9.59 Å². The van der Waals surface area contributed by atoms with E-state index in [1.54, 1.807) is 18.1 Å². The van der Waals surface area contributed by atoms with E-state index >= 15 is 0 Å². The zero-order chi connectivity index (χ0) is 22.3. The van der Waals surface area contributed by atoms with Crippen molar-refractivity contribution in [2.75, 3.05) is 26.7 Å². The number of piperazine rings is 1. The molecule has 1 aliphatic heterocycles. The lowest BCUT2D eigenvalue weighted by Crippen LogP contribution is -2.57. The number of amides is 2. The second-order valence-electron chi connectivity index (χ2n) is 8.06. The maximum absolute atomic E-state index is 13.0. The van der Waals surface area contributed by atoms with Crippen LogP contribution in [0, 0.1) is 0 Å². The van der Waals surface area contributed by atoms with E-state index in [1.165, 1.54) is 22.5 Å². The van der Waals surface area contributed by atoms with Gasteiger partial charge in [-0.1, -0.05) is 60.7 Å². The van der Waals surface area contributed by atoms with Crippen molar-refractivity contribution in [3.8, 4) is 0 Å². The first-order chi connectivity index (χ1) is 15.6. The summed E-state index contributed by atoms with van der Waals surface area (Å²) in [5.74, 6) is -0.00991. The van der Waals surface area contributed by atoms with Gasteiger partial charge in [-0.25, -0.2) is 4.98 Å². The number of hydrogen-bond donors (Lipinski definition) is 1. The van der Waals surface area contributed by atoms with Crippen LogP contribution in [0.5, 0.6) is 0 Å². The van der Waals surface area contributed by atoms with Crippen LogP contribution in [0.2, 0.25) is 0 Å². The summed E-state index contributed by atoms with van der Waals surface area (Å²) in [5, 5.41) is 5.73. The number of carbonyl (C=O) groups excluding carboxylic acids is 2. The lowest BCUT2D eigenvalue weighted by atomic mass is 9.90. The summed E-state index contributed by atoms with van der Waals surface area (Å²) < 4.78 is 0. The summed E-state index contributed by atoms with van der Waals surface area (Å²) in [6.45, 7) is 2.45. The number of hydrogen-bond acceptors (Lipinski definition) is 5. The van der Waals surface area contributed by atoms with Crippen molar-refractivity contribution < 1.29 is 9.59 Å².